The summed E-state index contributed by atoms with van der Waals surface area (Å²) in [5.41, 5.74) is -0.676. The zero-order valence-corrected chi connectivity index (χ0v) is 11.9. The van der Waals surface area contributed by atoms with E-state index < -0.39 is 5.60 Å². The predicted molar refractivity (Wildman–Crippen MR) is 67.4 cm³/mol. The van der Waals surface area contributed by atoms with Crippen LogP contribution in [0.3, 0.4) is 0 Å². The molecule has 2 rings (SSSR count). The maximum Gasteiger partial charge on any atom is 0.232 e. The molecule has 0 unspecified atom stereocenters. The van der Waals surface area contributed by atoms with Gasteiger partial charge in [0, 0.05) is 5.41 Å². The molecule has 7 heteroatoms. The molecular formula is C12H19N5O2. The van der Waals surface area contributed by atoms with Crippen molar-refractivity contribution in [1.29, 1.82) is 0 Å². The highest BCUT2D eigenvalue weighted by Crippen LogP contribution is 2.20. The number of hydrogen-bond acceptors (Lipinski definition) is 6. The second kappa shape index (κ2) is 4.41. The van der Waals surface area contributed by atoms with Crippen LogP contribution in [0.4, 0.5) is 0 Å². The van der Waals surface area contributed by atoms with Gasteiger partial charge in [-0.1, -0.05) is 31.1 Å². The van der Waals surface area contributed by atoms with Crippen LogP contribution in [-0.4, -0.2) is 30.2 Å². The van der Waals surface area contributed by atoms with E-state index in [1.165, 1.54) is 0 Å². The van der Waals surface area contributed by atoms with Crippen molar-refractivity contribution in [2.45, 2.75) is 52.2 Å². The third-order valence-corrected chi connectivity index (χ3v) is 2.58. The van der Waals surface area contributed by atoms with Gasteiger partial charge in [-0.25, -0.2) is 4.68 Å². The van der Waals surface area contributed by atoms with Crippen LogP contribution in [0.15, 0.2) is 10.7 Å². The van der Waals surface area contributed by atoms with Crippen molar-refractivity contribution in [3.8, 4) is 0 Å². The summed E-state index contributed by atoms with van der Waals surface area (Å²) in [6, 6.07) is 0. The molecule has 0 aliphatic rings. The maximum absolute atomic E-state index is 9.81. The maximum atomic E-state index is 9.81. The number of rotatable bonds is 3. The average Bonchev–Trinajstić information content (AvgIpc) is 2.84. The fraction of sp³-hybridized carbons (Fsp3) is 0.667. The molecule has 2 aromatic rings. The third-order valence-electron chi connectivity index (χ3n) is 2.58. The number of hydrogen-bond donors (Lipinski definition) is 1. The summed E-state index contributed by atoms with van der Waals surface area (Å²) in [5, 5.41) is 21.6. The van der Waals surface area contributed by atoms with Gasteiger partial charge in [0.05, 0.1) is 6.20 Å². The lowest BCUT2D eigenvalue weighted by Gasteiger charge is -2.11. The molecule has 7 nitrogen and oxygen atoms in total. The molecule has 2 aromatic heterocycles. The van der Waals surface area contributed by atoms with Crippen molar-refractivity contribution >= 4 is 0 Å². The Hall–Kier alpha value is -1.76. The standard InChI is InChI=1S/C12H19N5O2/c1-11(2,3)10-13-9(15-19-10)7-17-6-8(14-16-17)12(4,5)18/h6,18H,7H2,1-5H3. The summed E-state index contributed by atoms with van der Waals surface area (Å²) < 4.78 is 6.78. The Kier molecular flexibility index (Phi) is 3.17. The minimum absolute atomic E-state index is 0.175. The summed E-state index contributed by atoms with van der Waals surface area (Å²) >= 11 is 0. The Morgan fingerprint density at radius 3 is 2.42 bits per heavy atom. The lowest BCUT2D eigenvalue weighted by Crippen LogP contribution is -2.15. The van der Waals surface area contributed by atoms with E-state index in [0.717, 1.165) is 0 Å². The molecule has 0 fully saturated rings. The molecule has 0 aliphatic carbocycles. The lowest BCUT2D eigenvalue weighted by atomic mass is 9.97. The first-order chi connectivity index (χ1) is 8.66. The molecular weight excluding hydrogens is 246 g/mol. The Bertz CT molecular complexity index is 509. The van der Waals surface area contributed by atoms with Gasteiger partial charge < -0.3 is 9.63 Å². The van der Waals surface area contributed by atoms with Crippen LogP contribution in [0, 0.1) is 0 Å². The molecule has 0 aromatic carbocycles. The highest BCUT2D eigenvalue weighted by molar-refractivity contribution is 5.04. The Morgan fingerprint density at radius 2 is 1.95 bits per heavy atom. The second-order valence-electron chi connectivity index (χ2n) is 6.13. The van der Waals surface area contributed by atoms with Gasteiger partial charge in [-0.05, 0) is 13.8 Å². The molecule has 2 heterocycles. The van der Waals surface area contributed by atoms with E-state index in [1.807, 2.05) is 20.8 Å². The first kappa shape index (κ1) is 13.7. The van der Waals surface area contributed by atoms with Crippen LogP contribution < -0.4 is 0 Å². The third kappa shape index (κ3) is 3.17. The Labute approximate surface area is 111 Å². The lowest BCUT2D eigenvalue weighted by molar-refractivity contribution is 0.0737. The minimum atomic E-state index is -1.01. The van der Waals surface area contributed by atoms with Crippen molar-refractivity contribution in [2.75, 3.05) is 0 Å². The molecule has 0 spiro atoms. The van der Waals surface area contributed by atoms with Crippen LogP contribution in [0.5, 0.6) is 0 Å². The van der Waals surface area contributed by atoms with E-state index in [-0.39, 0.29) is 5.41 Å². The van der Waals surface area contributed by atoms with Gasteiger partial charge in [-0.2, -0.15) is 4.98 Å². The topological polar surface area (TPSA) is 89.9 Å². The molecule has 104 valence electrons. The molecule has 0 amide bonds. The van der Waals surface area contributed by atoms with Crippen LogP contribution in [0.1, 0.15) is 52.0 Å². The summed E-state index contributed by atoms with van der Waals surface area (Å²) in [5.74, 6) is 1.13. The minimum Gasteiger partial charge on any atom is -0.384 e. The highest BCUT2D eigenvalue weighted by Gasteiger charge is 2.23. The Morgan fingerprint density at radius 1 is 1.26 bits per heavy atom. The zero-order chi connectivity index (χ0) is 14.3. The number of nitrogens with zero attached hydrogens (tertiary/aromatic N) is 5. The van der Waals surface area contributed by atoms with Gasteiger partial charge in [0.25, 0.3) is 0 Å². The fourth-order valence-corrected chi connectivity index (χ4v) is 1.42. The smallest absolute Gasteiger partial charge is 0.232 e. The molecule has 0 bridgehead atoms. The van der Waals surface area contributed by atoms with Crippen LogP contribution >= 0.6 is 0 Å². The van der Waals surface area contributed by atoms with Gasteiger partial charge in [0.1, 0.15) is 17.8 Å². The normalized spacial score (nSPS) is 12.9. The van der Waals surface area contributed by atoms with E-state index in [9.17, 15) is 5.11 Å². The first-order valence-electron chi connectivity index (χ1n) is 6.12. The average molecular weight is 265 g/mol. The van der Waals surface area contributed by atoms with Gasteiger partial charge >= 0.3 is 0 Å². The molecule has 0 atom stereocenters. The van der Waals surface area contributed by atoms with E-state index in [0.29, 0.717) is 24.0 Å². The summed E-state index contributed by atoms with van der Waals surface area (Å²) in [6.07, 6.45) is 1.67. The SMILES string of the molecule is CC(C)(C)c1nc(Cn2cc(C(C)(C)O)nn2)no1. The quantitative estimate of drug-likeness (QED) is 0.897. The van der Waals surface area contributed by atoms with Gasteiger partial charge in [-0.15, -0.1) is 5.10 Å². The largest absolute Gasteiger partial charge is 0.384 e. The van der Waals surface area contributed by atoms with Crippen LogP contribution in [-0.2, 0) is 17.6 Å². The van der Waals surface area contributed by atoms with E-state index in [2.05, 4.69) is 20.5 Å². The van der Waals surface area contributed by atoms with E-state index >= 15 is 0 Å². The van der Waals surface area contributed by atoms with Crippen LogP contribution in [0.2, 0.25) is 0 Å². The fourth-order valence-electron chi connectivity index (χ4n) is 1.42. The summed E-state index contributed by atoms with van der Waals surface area (Å²) in [4.78, 5) is 4.32. The molecule has 1 N–H and O–H groups in total. The van der Waals surface area contributed by atoms with Crippen molar-refractivity contribution in [3.05, 3.63) is 23.6 Å². The molecule has 0 aliphatic heterocycles. The molecule has 0 radical (unpaired) electrons. The van der Waals surface area contributed by atoms with E-state index in [4.69, 9.17) is 4.52 Å². The summed E-state index contributed by atoms with van der Waals surface area (Å²) in [7, 11) is 0. The number of aliphatic hydroxyl groups is 1. The van der Waals surface area contributed by atoms with Gasteiger partial charge in [0.2, 0.25) is 5.89 Å². The zero-order valence-electron chi connectivity index (χ0n) is 11.9. The number of aromatic nitrogens is 5. The molecule has 19 heavy (non-hydrogen) atoms. The van der Waals surface area contributed by atoms with E-state index in [1.54, 1.807) is 24.7 Å². The van der Waals surface area contributed by atoms with Crippen LogP contribution in [0.25, 0.3) is 0 Å². The van der Waals surface area contributed by atoms with Gasteiger partial charge in [-0.3, -0.25) is 0 Å². The van der Waals surface area contributed by atoms with Crippen molar-refractivity contribution in [3.63, 3.8) is 0 Å². The van der Waals surface area contributed by atoms with Crippen molar-refractivity contribution in [2.24, 2.45) is 0 Å². The predicted octanol–water partition coefficient (Wildman–Crippen LogP) is 1.23. The molecule has 0 saturated heterocycles. The van der Waals surface area contributed by atoms with Gasteiger partial charge in [0.15, 0.2) is 5.82 Å². The monoisotopic (exact) mass is 265 g/mol. The Balaban J connectivity index is 2.14. The van der Waals surface area contributed by atoms with Crippen molar-refractivity contribution < 1.29 is 9.63 Å². The summed E-state index contributed by atoms with van der Waals surface area (Å²) in [6.45, 7) is 9.70. The highest BCUT2D eigenvalue weighted by atomic mass is 16.5. The molecule has 0 saturated carbocycles. The second-order valence-corrected chi connectivity index (χ2v) is 6.13. The first-order valence-corrected chi connectivity index (χ1v) is 6.12. The van der Waals surface area contributed by atoms with Crippen molar-refractivity contribution in [1.82, 2.24) is 25.1 Å².